The lowest BCUT2D eigenvalue weighted by molar-refractivity contribution is -0.384. The second-order valence-corrected chi connectivity index (χ2v) is 5.47. The molecule has 0 amide bonds. The summed E-state index contributed by atoms with van der Waals surface area (Å²) in [6.07, 6.45) is 0. The lowest BCUT2D eigenvalue weighted by Gasteiger charge is -2.02. The van der Waals surface area contributed by atoms with Crippen molar-refractivity contribution < 1.29 is 14.8 Å². The van der Waals surface area contributed by atoms with Gasteiger partial charge < -0.3 is 5.11 Å². The third-order valence-electron chi connectivity index (χ3n) is 3.11. The number of carboxylic acid groups (broad SMARTS) is 1. The highest BCUT2D eigenvalue weighted by atomic mass is 32.1. The summed E-state index contributed by atoms with van der Waals surface area (Å²) in [5.74, 6) is -1.07. The molecule has 0 atom stereocenters. The topological polar surface area (TPSA) is 97.5 Å². The number of non-ortho nitro benzene ring substituents is 1. The van der Waals surface area contributed by atoms with Gasteiger partial charge >= 0.3 is 5.97 Å². The van der Waals surface area contributed by atoms with E-state index < -0.39 is 10.9 Å². The maximum absolute atomic E-state index is 12.4. The SMILES string of the molecule is O=C(O)c1ccc2c(=O)c3cc([N+](=O)[O-])ccc3sc2c1. The molecular formula is C14H7NO5S. The highest BCUT2D eigenvalue weighted by Gasteiger charge is 2.13. The lowest BCUT2D eigenvalue weighted by Crippen LogP contribution is -2.03. The Labute approximate surface area is 121 Å². The highest BCUT2D eigenvalue weighted by Crippen LogP contribution is 2.27. The van der Waals surface area contributed by atoms with Crippen LogP contribution in [0.2, 0.25) is 0 Å². The molecule has 3 aromatic rings. The van der Waals surface area contributed by atoms with Crippen LogP contribution in [0.3, 0.4) is 0 Å². The molecule has 0 fully saturated rings. The van der Waals surface area contributed by atoms with Crippen LogP contribution in [0.4, 0.5) is 5.69 Å². The number of hydrogen-bond donors (Lipinski definition) is 1. The van der Waals surface area contributed by atoms with Gasteiger partial charge in [0.15, 0.2) is 5.43 Å². The number of nitrogens with zero attached hydrogens (tertiary/aromatic N) is 1. The van der Waals surface area contributed by atoms with E-state index in [4.69, 9.17) is 5.11 Å². The Kier molecular flexibility index (Phi) is 2.91. The number of benzene rings is 2. The number of carbonyl (C=O) groups is 1. The van der Waals surface area contributed by atoms with Crippen molar-refractivity contribution in [2.24, 2.45) is 0 Å². The molecule has 1 N–H and O–H groups in total. The van der Waals surface area contributed by atoms with Crippen LogP contribution in [0.5, 0.6) is 0 Å². The molecule has 3 rings (SSSR count). The van der Waals surface area contributed by atoms with Gasteiger partial charge in [0.05, 0.1) is 10.5 Å². The minimum absolute atomic E-state index is 0.0967. The van der Waals surface area contributed by atoms with E-state index in [1.807, 2.05) is 0 Å². The van der Waals surface area contributed by atoms with Gasteiger partial charge in [0.25, 0.3) is 5.69 Å². The fraction of sp³-hybridized carbons (Fsp3) is 0. The van der Waals surface area contributed by atoms with Gasteiger partial charge in [-0.05, 0) is 24.3 Å². The lowest BCUT2D eigenvalue weighted by atomic mass is 10.1. The maximum atomic E-state index is 12.4. The molecule has 0 aliphatic carbocycles. The highest BCUT2D eigenvalue weighted by molar-refractivity contribution is 7.24. The normalized spacial score (nSPS) is 10.9. The first kappa shape index (κ1) is 13.2. The summed E-state index contributed by atoms with van der Waals surface area (Å²) in [4.78, 5) is 33.6. The van der Waals surface area contributed by atoms with Crippen molar-refractivity contribution in [1.29, 1.82) is 0 Å². The largest absolute Gasteiger partial charge is 0.478 e. The van der Waals surface area contributed by atoms with Crippen molar-refractivity contribution in [3.05, 3.63) is 62.3 Å². The van der Waals surface area contributed by atoms with Gasteiger partial charge in [0, 0.05) is 32.3 Å². The molecule has 0 aliphatic heterocycles. The number of nitro groups is 1. The van der Waals surface area contributed by atoms with Crippen LogP contribution in [0.1, 0.15) is 10.4 Å². The summed E-state index contributed by atoms with van der Waals surface area (Å²) in [7, 11) is 0. The molecule has 0 aliphatic rings. The molecule has 0 radical (unpaired) electrons. The molecule has 0 bridgehead atoms. The van der Waals surface area contributed by atoms with E-state index >= 15 is 0 Å². The molecule has 0 spiro atoms. The van der Waals surface area contributed by atoms with Crippen molar-refractivity contribution in [3.8, 4) is 0 Å². The zero-order valence-corrected chi connectivity index (χ0v) is 11.2. The minimum atomic E-state index is -1.07. The van der Waals surface area contributed by atoms with Crippen LogP contribution < -0.4 is 5.43 Å². The van der Waals surface area contributed by atoms with Crippen LogP contribution in [0.25, 0.3) is 20.2 Å². The number of nitro benzene ring substituents is 1. The molecular weight excluding hydrogens is 294 g/mol. The van der Waals surface area contributed by atoms with Crippen LogP contribution in [0, 0.1) is 10.1 Å². The van der Waals surface area contributed by atoms with Crippen molar-refractivity contribution in [3.63, 3.8) is 0 Å². The molecule has 7 heteroatoms. The number of rotatable bonds is 2. The smallest absolute Gasteiger partial charge is 0.335 e. The second-order valence-electron chi connectivity index (χ2n) is 4.38. The van der Waals surface area contributed by atoms with E-state index in [-0.39, 0.29) is 22.1 Å². The van der Waals surface area contributed by atoms with Crippen molar-refractivity contribution in [1.82, 2.24) is 0 Å². The van der Waals surface area contributed by atoms with Gasteiger partial charge in [-0.1, -0.05) is 0 Å². The first-order chi connectivity index (χ1) is 9.97. The Morgan fingerprint density at radius 1 is 1.10 bits per heavy atom. The number of hydrogen-bond acceptors (Lipinski definition) is 5. The number of carboxylic acids is 1. The maximum Gasteiger partial charge on any atom is 0.335 e. The van der Waals surface area contributed by atoms with Crippen molar-refractivity contribution >= 4 is 43.2 Å². The number of fused-ring (bicyclic) bond motifs is 2. The molecule has 6 nitrogen and oxygen atoms in total. The molecule has 21 heavy (non-hydrogen) atoms. The molecule has 1 aromatic heterocycles. The Morgan fingerprint density at radius 2 is 1.86 bits per heavy atom. The zero-order valence-electron chi connectivity index (χ0n) is 10.4. The van der Waals surface area contributed by atoms with E-state index in [1.165, 1.54) is 47.7 Å². The molecule has 0 saturated carbocycles. The van der Waals surface area contributed by atoms with Crippen LogP contribution in [0.15, 0.2) is 41.2 Å². The van der Waals surface area contributed by atoms with Crippen LogP contribution in [-0.4, -0.2) is 16.0 Å². The van der Waals surface area contributed by atoms with Gasteiger partial charge in [-0.25, -0.2) is 4.79 Å². The monoisotopic (exact) mass is 301 g/mol. The van der Waals surface area contributed by atoms with E-state index in [2.05, 4.69) is 0 Å². The average molecular weight is 301 g/mol. The quantitative estimate of drug-likeness (QED) is 0.445. The van der Waals surface area contributed by atoms with Crippen LogP contribution >= 0.6 is 11.3 Å². The second kappa shape index (κ2) is 4.64. The summed E-state index contributed by atoms with van der Waals surface area (Å²) in [6.45, 7) is 0. The summed E-state index contributed by atoms with van der Waals surface area (Å²) in [5, 5.41) is 20.4. The minimum Gasteiger partial charge on any atom is -0.478 e. The zero-order chi connectivity index (χ0) is 15.1. The van der Waals surface area contributed by atoms with E-state index in [0.29, 0.717) is 14.8 Å². The Bertz CT molecular complexity index is 976. The predicted octanol–water partition coefficient (Wildman–Crippen LogP) is 3.02. The molecule has 104 valence electrons. The van der Waals surface area contributed by atoms with E-state index in [9.17, 15) is 19.7 Å². The van der Waals surface area contributed by atoms with Gasteiger partial charge in [-0.3, -0.25) is 14.9 Å². The Hall–Kier alpha value is -2.80. The molecule has 2 aromatic carbocycles. The third kappa shape index (κ3) is 2.13. The summed E-state index contributed by atoms with van der Waals surface area (Å²) in [6, 6.07) is 8.30. The van der Waals surface area contributed by atoms with Gasteiger partial charge in [0.1, 0.15) is 0 Å². The third-order valence-corrected chi connectivity index (χ3v) is 4.25. The van der Waals surface area contributed by atoms with Gasteiger partial charge in [0.2, 0.25) is 0 Å². The first-order valence-corrected chi connectivity index (χ1v) is 6.67. The van der Waals surface area contributed by atoms with Crippen molar-refractivity contribution in [2.45, 2.75) is 0 Å². The van der Waals surface area contributed by atoms with Gasteiger partial charge in [-0.2, -0.15) is 0 Å². The van der Waals surface area contributed by atoms with Crippen LogP contribution in [-0.2, 0) is 0 Å². The molecule has 0 saturated heterocycles. The Morgan fingerprint density at radius 3 is 2.52 bits per heavy atom. The summed E-state index contributed by atoms with van der Waals surface area (Å²) in [5.41, 5.74) is -0.382. The summed E-state index contributed by atoms with van der Waals surface area (Å²) < 4.78 is 1.13. The molecule has 1 heterocycles. The average Bonchev–Trinajstić information content (AvgIpc) is 2.46. The first-order valence-electron chi connectivity index (χ1n) is 5.85. The molecule has 0 unspecified atom stereocenters. The number of aromatic carboxylic acids is 1. The van der Waals surface area contributed by atoms with Gasteiger partial charge in [-0.15, -0.1) is 11.3 Å². The van der Waals surface area contributed by atoms with Crippen molar-refractivity contribution in [2.75, 3.05) is 0 Å². The fourth-order valence-corrected chi connectivity index (χ4v) is 3.18. The predicted molar refractivity (Wildman–Crippen MR) is 79.2 cm³/mol. The fourth-order valence-electron chi connectivity index (χ4n) is 2.09. The Balaban J connectivity index is 2.40. The van der Waals surface area contributed by atoms with E-state index in [1.54, 1.807) is 0 Å². The summed E-state index contributed by atoms with van der Waals surface area (Å²) >= 11 is 1.23. The van der Waals surface area contributed by atoms with E-state index in [0.717, 1.165) is 0 Å². The standard InChI is InChI=1S/C14H7NO5S/c16-13-9-3-1-7(14(17)18)5-12(9)21-11-4-2-8(15(19)20)6-10(11)13/h1-6H,(H,17,18).